The number of carbonyl (C=O) groups excluding carboxylic acids is 1. The average molecular weight is 436 g/mol. The van der Waals surface area contributed by atoms with E-state index in [-0.39, 0.29) is 12.5 Å². The molecule has 0 radical (unpaired) electrons. The second-order valence-electron chi connectivity index (χ2n) is 8.06. The van der Waals surface area contributed by atoms with Crippen molar-refractivity contribution in [3.05, 3.63) is 0 Å². The van der Waals surface area contributed by atoms with Crippen molar-refractivity contribution < 1.29 is 35.1 Å². The molecule has 1 amide bonds. The minimum Gasteiger partial charge on any atom is -0.394 e. The van der Waals surface area contributed by atoms with Gasteiger partial charge in [-0.05, 0) is 12.8 Å². The first-order valence-electron chi connectivity index (χ1n) is 11.5. The lowest BCUT2D eigenvalue weighted by Gasteiger charge is -2.30. The summed E-state index contributed by atoms with van der Waals surface area (Å²) < 4.78 is 5.02. The summed E-state index contributed by atoms with van der Waals surface area (Å²) in [6.45, 7) is 2.14. The Morgan fingerprint density at radius 3 is 1.90 bits per heavy atom. The maximum absolute atomic E-state index is 12.6. The Morgan fingerprint density at radius 1 is 0.833 bits per heavy atom. The monoisotopic (exact) mass is 435 g/mol. The van der Waals surface area contributed by atoms with Gasteiger partial charge in [-0.15, -0.1) is 0 Å². The smallest absolute Gasteiger partial charge is 0.222 e. The van der Waals surface area contributed by atoms with E-state index in [0.717, 1.165) is 19.3 Å². The number of amides is 1. The van der Waals surface area contributed by atoms with Gasteiger partial charge in [-0.3, -0.25) is 4.79 Å². The minimum absolute atomic E-state index is 0.113. The van der Waals surface area contributed by atoms with Crippen molar-refractivity contribution in [2.75, 3.05) is 33.4 Å². The second kappa shape index (κ2) is 19.0. The molecule has 5 N–H and O–H groups in total. The van der Waals surface area contributed by atoms with Crippen LogP contribution in [0, 0.1) is 0 Å². The molecule has 0 aliphatic carbocycles. The molecular formula is C22H45NO7. The SMILES string of the molecule is CCCCCCCCCCCC(=O)N(CCCOC)C[C@H](O)[C@@H](O)[C@H](O)[C@H](O)CO. The van der Waals surface area contributed by atoms with Gasteiger partial charge in [-0.2, -0.15) is 0 Å². The lowest BCUT2D eigenvalue weighted by molar-refractivity contribution is -0.140. The fourth-order valence-electron chi connectivity index (χ4n) is 3.36. The van der Waals surface area contributed by atoms with Gasteiger partial charge in [0.15, 0.2) is 0 Å². The van der Waals surface area contributed by atoms with Crippen LogP contribution in [-0.4, -0.2) is 94.2 Å². The van der Waals surface area contributed by atoms with Crippen LogP contribution in [0.2, 0.25) is 0 Å². The molecule has 180 valence electrons. The van der Waals surface area contributed by atoms with Gasteiger partial charge >= 0.3 is 0 Å². The zero-order valence-electron chi connectivity index (χ0n) is 18.9. The number of hydrogen-bond donors (Lipinski definition) is 5. The molecule has 4 atom stereocenters. The van der Waals surface area contributed by atoms with Gasteiger partial charge in [-0.1, -0.05) is 58.3 Å². The van der Waals surface area contributed by atoms with E-state index in [1.165, 1.54) is 43.4 Å². The largest absolute Gasteiger partial charge is 0.394 e. The van der Waals surface area contributed by atoms with Crippen LogP contribution in [0.25, 0.3) is 0 Å². The second-order valence-corrected chi connectivity index (χ2v) is 8.06. The lowest BCUT2D eigenvalue weighted by atomic mass is 10.0. The third kappa shape index (κ3) is 13.5. The molecule has 0 bridgehead atoms. The van der Waals surface area contributed by atoms with E-state index in [0.29, 0.717) is 26.0 Å². The van der Waals surface area contributed by atoms with Gasteiger partial charge in [0.1, 0.15) is 24.4 Å². The normalized spacial score (nSPS) is 15.6. The fraction of sp³-hybridized carbons (Fsp3) is 0.955. The third-order valence-corrected chi connectivity index (χ3v) is 5.36. The number of ether oxygens (including phenoxy) is 1. The molecule has 0 aromatic heterocycles. The number of rotatable bonds is 20. The highest BCUT2D eigenvalue weighted by atomic mass is 16.5. The van der Waals surface area contributed by atoms with E-state index >= 15 is 0 Å². The first-order chi connectivity index (χ1) is 14.4. The van der Waals surface area contributed by atoms with Crippen molar-refractivity contribution in [3.8, 4) is 0 Å². The molecule has 0 aromatic carbocycles. The lowest BCUT2D eigenvalue weighted by Crippen LogP contribution is -2.50. The highest BCUT2D eigenvalue weighted by molar-refractivity contribution is 5.76. The van der Waals surface area contributed by atoms with E-state index in [9.17, 15) is 25.2 Å². The van der Waals surface area contributed by atoms with Crippen LogP contribution in [0.5, 0.6) is 0 Å². The predicted octanol–water partition coefficient (Wildman–Crippen LogP) is 1.21. The van der Waals surface area contributed by atoms with Crippen LogP contribution in [-0.2, 0) is 9.53 Å². The Balaban J connectivity index is 4.39. The quantitative estimate of drug-likeness (QED) is 0.182. The van der Waals surface area contributed by atoms with Crippen LogP contribution in [0.4, 0.5) is 0 Å². The van der Waals surface area contributed by atoms with E-state index < -0.39 is 31.0 Å². The summed E-state index contributed by atoms with van der Waals surface area (Å²) >= 11 is 0. The van der Waals surface area contributed by atoms with E-state index in [1.807, 2.05) is 0 Å². The first kappa shape index (κ1) is 29.2. The number of aliphatic hydroxyl groups excluding tert-OH is 5. The maximum atomic E-state index is 12.6. The number of hydrogen-bond acceptors (Lipinski definition) is 7. The predicted molar refractivity (Wildman–Crippen MR) is 116 cm³/mol. The molecule has 0 rings (SSSR count). The summed E-state index contributed by atoms with van der Waals surface area (Å²) in [6, 6.07) is 0. The Bertz CT molecular complexity index is 411. The number of methoxy groups -OCH3 is 1. The zero-order chi connectivity index (χ0) is 22.8. The number of unbranched alkanes of at least 4 members (excludes halogenated alkanes) is 8. The molecule has 0 heterocycles. The summed E-state index contributed by atoms with van der Waals surface area (Å²) in [7, 11) is 1.57. The van der Waals surface area contributed by atoms with Crippen LogP contribution >= 0.6 is 0 Å². The van der Waals surface area contributed by atoms with Gasteiger partial charge in [0.25, 0.3) is 0 Å². The molecule has 0 fully saturated rings. The zero-order valence-corrected chi connectivity index (χ0v) is 18.9. The molecule has 0 aliphatic rings. The Morgan fingerprint density at radius 2 is 1.37 bits per heavy atom. The van der Waals surface area contributed by atoms with Crippen molar-refractivity contribution in [1.29, 1.82) is 0 Å². The van der Waals surface area contributed by atoms with Crippen LogP contribution in [0.1, 0.15) is 77.6 Å². The number of aliphatic hydroxyl groups is 5. The maximum Gasteiger partial charge on any atom is 0.222 e. The van der Waals surface area contributed by atoms with Crippen molar-refractivity contribution >= 4 is 5.91 Å². The molecule has 0 aliphatic heterocycles. The molecular weight excluding hydrogens is 390 g/mol. The molecule has 30 heavy (non-hydrogen) atoms. The van der Waals surface area contributed by atoms with Crippen molar-refractivity contribution in [1.82, 2.24) is 4.90 Å². The summed E-state index contributed by atoms with van der Waals surface area (Å²) in [5.74, 6) is -0.113. The summed E-state index contributed by atoms with van der Waals surface area (Å²) in [4.78, 5) is 14.1. The number of nitrogens with zero attached hydrogens (tertiary/aromatic N) is 1. The van der Waals surface area contributed by atoms with Gasteiger partial charge < -0.3 is 35.2 Å². The van der Waals surface area contributed by atoms with Crippen LogP contribution in [0.3, 0.4) is 0 Å². The standard InChI is InChI=1S/C22H45NO7/c1-3-4-5-6-7-8-9-10-11-13-20(27)23(14-12-15-30-2)16-18(25)21(28)22(29)19(26)17-24/h18-19,21-22,24-26,28-29H,3-17H2,1-2H3/t18-,19+,21+,22+/m0/s1. The molecule has 0 aromatic rings. The van der Waals surface area contributed by atoms with E-state index in [1.54, 1.807) is 7.11 Å². The average Bonchev–Trinajstić information content (AvgIpc) is 2.75. The van der Waals surface area contributed by atoms with Crippen LogP contribution < -0.4 is 0 Å². The Labute approximate surface area is 181 Å². The highest BCUT2D eigenvalue weighted by Gasteiger charge is 2.31. The molecule has 0 unspecified atom stereocenters. The Hall–Kier alpha value is -0.770. The highest BCUT2D eigenvalue weighted by Crippen LogP contribution is 2.13. The molecule has 0 saturated heterocycles. The molecule has 8 heteroatoms. The topological polar surface area (TPSA) is 131 Å². The summed E-state index contributed by atoms with van der Waals surface area (Å²) in [5, 5.41) is 48.3. The molecule has 0 saturated carbocycles. The van der Waals surface area contributed by atoms with E-state index in [4.69, 9.17) is 9.84 Å². The first-order valence-corrected chi connectivity index (χ1v) is 11.5. The summed E-state index contributed by atoms with van der Waals surface area (Å²) in [6.07, 6.45) is 5.00. The third-order valence-electron chi connectivity index (χ3n) is 5.36. The minimum atomic E-state index is -1.70. The van der Waals surface area contributed by atoms with Gasteiger partial charge in [0, 0.05) is 33.2 Å². The van der Waals surface area contributed by atoms with E-state index in [2.05, 4.69) is 6.92 Å². The fourth-order valence-corrected chi connectivity index (χ4v) is 3.36. The summed E-state index contributed by atoms with van der Waals surface area (Å²) in [5.41, 5.74) is 0. The Kier molecular flexibility index (Phi) is 18.5. The molecule has 0 spiro atoms. The number of carbonyl (C=O) groups is 1. The van der Waals surface area contributed by atoms with Crippen molar-refractivity contribution in [2.24, 2.45) is 0 Å². The molecule has 8 nitrogen and oxygen atoms in total. The van der Waals surface area contributed by atoms with Crippen LogP contribution in [0.15, 0.2) is 0 Å². The van der Waals surface area contributed by atoms with Crippen molar-refractivity contribution in [2.45, 2.75) is 102 Å². The van der Waals surface area contributed by atoms with Gasteiger partial charge in [0.05, 0.1) is 6.61 Å². The van der Waals surface area contributed by atoms with Crippen molar-refractivity contribution in [3.63, 3.8) is 0 Å². The van der Waals surface area contributed by atoms with Gasteiger partial charge in [-0.25, -0.2) is 0 Å². The van der Waals surface area contributed by atoms with Gasteiger partial charge in [0.2, 0.25) is 5.91 Å².